The third-order valence-corrected chi connectivity index (χ3v) is 5.30. The van der Waals surface area contributed by atoms with Crippen molar-refractivity contribution in [3.8, 4) is 0 Å². The van der Waals surface area contributed by atoms with Gasteiger partial charge < -0.3 is 4.90 Å². The van der Waals surface area contributed by atoms with Gasteiger partial charge in [-0.15, -0.1) is 0 Å². The second-order valence-electron chi connectivity index (χ2n) is 7.48. The van der Waals surface area contributed by atoms with Gasteiger partial charge in [-0.2, -0.15) is 5.10 Å². The van der Waals surface area contributed by atoms with E-state index in [1.807, 2.05) is 0 Å². The lowest BCUT2D eigenvalue weighted by Gasteiger charge is -2.41. The Kier molecular flexibility index (Phi) is 5.11. The number of hydrogen-bond acceptors (Lipinski definition) is 3. The summed E-state index contributed by atoms with van der Waals surface area (Å²) in [5.41, 5.74) is 8.72. The minimum atomic E-state index is -0.290. The molecular formula is C22H24ClN3O. The van der Waals surface area contributed by atoms with E-state index in [9.17, 15) is 4.79 Å². The molecule has 0 atom stereocenters. The molecule has 2 aromatic carbocycles. The molecule has 0 spiro atoms. The van der Waals surface area contributed by atoms with Crippen molar-refractivity contribution < 1.29 is 4.79 Å². The van der Waals surface area contributed by atoms with Crippen molar-refractivity contribution in [3.63, 3.8) is 0 Å². The average Bonchev–Trinajstić information content (AvgIpc) is 2.60. The summed E-state index contributed by atoms with van der Waals surface area (Å²) in [5, 5.41) is 4.65. The minimum absolute atomic E-state index is 0.0237. The number of nitrogens with zero attached hydrogens (tertiary/aromatic N) is 2. The van der Waals surface area contributed by atoms with Crippen LogP contribution in [0.3, 0.4) is 0 Å². The van der Waals surface area contributed by atoms with Crippen LogP contribution in [0.25, 0.3) is 5.57 Å². The predicted molar refractivity (Wildman–Crippen MR) is 114 cm³/mol. The van der Waals surface area contributed by atoms with Crippen molar-refractivity contribution in [1.29, 1.82) is 0 Å². The van der Waals surface area contributed by atoms with Crippen molar-refractivity contribution in [3.05, 3.63) is 69.8 Å². The van der Waals surface area contributed by atoms with E-state index in [-0.39, 0.29) is 11.4 Å². The molecule has 140 valence electrons. The Balaban J connectivity index is 1.83. The van der Waals surface area contributed by atoms with Crippen LogP contribution in [0.1, 0.15) is 47.8 Å². The minimum Gasteiger partial charge on any atom is -0.365 e. The Bertz CT molecular complexity index is 960. The van der Waals surface area contributed by atoms with Crippen molar-refractivity contribution in [1.82, 2.24) is 5.43 Å². The fraction of sp³-hybridized carbons (Fsp3) is 0.273. The van der Waals surface area contributed by atoms with Crippen LogP contribution in [0.2, 0.25) is 5.02 Å². The van der Waals surface area contributed by atoms with Gasteiger partial charge in [0.05, 0.1) is 11.8 Å². The number of nitrogens with one attached hydrogen (secondary N) is 1. The van der Waals surface area contributed by atoms with Gasteiger partial charge in [-0.25, -0.2) is 5.43 Å². The van der Waals surface area contributed by atoms with Gasteiger partial charge in [-0.3, -0.25) is 4.79 Å². The number of aryl methyl sites for hydroxylation is 1. The van der Waals surface area contributed by atoms with E-state index in [2.05, 4.69) is 68.4 Å². The Morgan fingerprint density at radius 2 is 1.96 bits per heavy atom. The van der Waals surface area contributed by atoms with Crippen LogP contribution in [0.5, 0.6) is 0 Å². The van der Waals surface area contributed by atoms with Gasteiger partial charge in [-0.05, 0) is 74.7 Å². The normalized spacial score (nSPS) is 15.5. The Labute approximate surface area is 165 Å². The number of hydrazone groups is 1. The van der Waals surface area contributed by atoms with Crippen molar-refractivity contribution >= 4 is 35.0 Å². The topological polar surface area (TPSA) is 44.7 Å². The molecule has 0 unspecified atom stereocenters. The smallest absolute Gasteiger partial charge is 0.271 e. The summed E-state index contributed by atoms with van der Waals surface area (Å²) < 4.78 is 0. The number of amides is 1. The van der Waals surface area contributed by atoms with E-state index in [1.54, 1.807) is 30.5 Å². The maximum Gasteiger partial charge on any atom is 0.271 e. The first kappa shape index (κ1) is 19.2. The largest absolute Gasteiger partial charge is 0.365 e. The van der Waals surface area contributed by atoms with E-state index in [0.29, 0.717) is 10.6 Å². The molecule has 0 radical (unpaired) electrons. The Morgan fingerprint density at radius 3 is 2.67 bits per heavy atom. The molecule has 0 saturated heterocycles. The molecular weight excluding hydrogens is 358 g/mol. The highest BCUT2D eigenvalue weighted by atomic mass is 35.5. The Morgan fingerprint density at radius 1 is 1.22 bits per heavy atom. The summed E-state index contributed by atoms with van der Waals surface area (Å²) >= 11 is 5.92. The number of rotatable bonds is 3. The van der Waals surface area contributed by atoms with Gasteiger partial charge in [-0.1, -0.05) is 23.7 Å². The second kappa shape index (κ2) is 7.20. The zero-order valence-electron chi connectivity index (χ0n) is 16.3. The molecule has 1 aliphatic heterocycles. The molecule has 0 aliphatic carbocycles. The second-order valence-corrected chi connectivity index (χ2v) is 7.91. The number of fused-ring (bicyclic) bond motifs is 1. The number of halogens is 1. The summed E-state index contributed by atoms with van der Waals surface area (Å²) in [5.74, 6) is -0.290. The van der Waals surface area contributed by atoms with Crippen LogP contribution in [0, 0.1) is 6.92 Å². The van der Waals surface area contributed by atoms with Gasteiger partial charge >= 0.3 is 0 Å². The van der Waals surface area contributed by atoms with E-state index < -0.39 is 0 Å². The first-order valence-electron chi connectivity index (χ1n) is 8.86. The van der Waals surface area contributed by atoms with Crippen LogP contribution < -0.4 is 10.3 Å². The number of benzene rings is 2. The third-order valence-electron chi connectivity index (χ3n) is 5.06. The predicted octanol–water partition coefficient (Wildman–Crippen LogP) is 5.04. The molecule has 3 rings (SSSR count). The fourth-order valence-electron chi connectivity index (χ4n) is 3.31. The van der Waals surface area contributed by atoms with E-state index in [1.165, 1.54) is 16.8 Å². The van der Waals surface area contributed by atoms with Crippen molar-refractivity contribution in [2.24, 2.45) is 5.10 Å². The molecule has 1 aliphatic rings. The lowest BCUT2D eigenvalue weighted by Crippen LogP contribution is -2.42. The lowest BCUT2D eigenvalue weighted by molar-refractivity contribution is 0.0955. The van der Waals surface area contributed by atoms with E-state index in [4.69, 9.17) is 11.6 Å². The highest BCUT2D eigenvalue weighted by molar-refractivity contribution is 6.30. The summed E-state index contributed by atoms with van der Waals surface area (Å²) in [6, 6.07) is 11.1. The molecule has 27 heavy (non-hydrogen) atoms. The molecule has 0 saturated carbocycles. The number of carbonyl (C=O) groups is 1. The molecule has 1 amide bonds. The quantitative estimate of drug-likeness (QED) is 0.597. The average molecular weight is 382 g/mol. The van der Waals surface area contributed by atoms with Gasteiger partial charge in [0.25, 0.3) is 5.91 Å². The fourth-order valence-corrected chi connectivity index (χ4v) is 3.50. The van der Waals surface area contributed by atoms with Crippen LogP contribution >= 0.6 is 11.6 Å². The SMILES string of the molecule is CC1=CC(C)(C)N(C)c2cc(C)c(/C=N\NC(=O)c3cccc(Cl)c3)cc21. The number of carbonyl (C=O) groups excluding carboxylic acids is 1. The van der Waals surface area contributed by atoms with Crippen LogP contribution in [0.4, 0.5) is 5.69 Å². The number of likely N-dealkylation sites (N-methyl/N-ethyl adjacent to an activating group) is 1. The van der Waals surface area contributed by atoms with E-state index in [0.717, 1.165) is 11.1 Å². The zero-order valence-corrected chi connectivity index (χ0v) is 17.1. The first-order valence-corrected chi connectivity index (χ1v) is 9.24. The Hall–Kier alpha value is -2.59. The molecule has 0 fully saturated rings. The maximum absolute atomic E-state index is 12.2. The van der Waals surface area contributed by atoms with Crippen molar-refractivity contribution in [2.45, 2.75) is 33.2 Å². The van der Waals surface area contributed by atoms with E-state index >= 15 is 0 Å². The standard InChI is InChI=1S/C22H24ClN3O/c1-14-9-20-19(15(2)12-22(3,4)26(20)5)11-17(14)13-24-25-21(27)16-7-6-8-18(23)10-16/h6-13H,1-5H3,(H,25,27)/b24-13-. The van der Waals surface area contributed by atoms with Crippen LogP contribution in [0.15, 0.2) is 47.6 Å². The zero-order chi connectivity index (χ0) is 19.8. The third kappa shape index (κ3) is 3.91. The number of hydrogen-bond donors (Lipinski definition) is 1. The van der Waals surface area contributed by atoms with Crippen molar-refractivity contribution in [2.75, 3.05) is 11.9 Å². The summed E-state index contributed by atoms with van der Waals surface area (Å²) in [6.45, 7) is 8.59. The van der Waals surface area contributed by atoms with Gasteiger partial charge in [0.1, 0.15) is 0 Å². The molecule has 0 bridgehead atoms. The number of allylic oxidation sites excluding steroid dienone is 1. The first-order chi connectivity index (χ1) is 12.7. The number of anilines is 1. The summed E-state index contributed by atoms with van der Waals surface area (Å²) in [7, 11) is 2.11. The van der Waals surface area contributed by atoms with Gasteiger partial charge in [0, 0.05) is 28.9 Å². The van der Waals surface area contributed by atoms with Gasteiger partial charge in [0.15, 0.2) is 0 Å². The molecule has 4 nitrogen and oxygen atoms in total. The molecule has 1 N–H and O–H groups in total. The molecule has 5 heteroatoms. The summed E-state index contributed by atoms with van der Waals surface area (Å²) in [4.78, 5) is 14.5. The lowest BCUT2D eigenvalue weighted by atomic mass is 9.87. The van der Waals surface area contributed by atoms with Crippen LogP contribution in [-0.2, 0) is 0 Å². The monoisotopic (exact) mass is 381 g/mol. The summed E-state index contributed by atoms with van der Waals surface area (Å²) in [6.07, 6.45) is 3.96. The maximum atomic E-state index is 12.2. The van der Waals surface area contributed by atoms with Gasteiger partial charge in [0.2, 0.25) is 0 Å². The highest BCUT2D eigenvalue weighted by Gasteiger charge is 2.28. The molecule has 1 heterocycles. The molecule has 2 aromatic rings. The molecule has 0 aromatic heterocycles. The highest BCUT2D eigenvalue weighted by Crippen LogP contribution is 2.38. The van der Waals surface area contributed by atoms with Crippen LogP contribution in [-0.4, -0.2) is 24.7 Å².